The number of piperazine rings is 1. The van der Waals surface area contributed by atoms with Crippen molar-refractivity contribution in [2.75, 3.05) is 51.6 Å². The monoisotopic (exact) mass is 675 g/mol. The largest absolute Gasteiger partial charge is 0.573 e. The van der Waals surface area contributed by atoms with Gasteiger partial charge in [0.05, 0.1) is 5.92 Å². The van der Waals surface area contributed by atoms with Gasteiger partial charge in [0, 0.05) is 63.5 Å². The standard InChI is InChI=1S/C31H39F6N5O3S/c1-41-15-17-42(18-16-41)14-13-38-28(43)26-20-23(40-29(46)39-22-3-2-4-25(19-22)45-31(35,36)37)7-10-27(26)44-24-8-5-21(6-9-24)11-12-30(32,33)34/h2-6,8-9,19,23,26-27H,7,10-18,20H2,1H3,(H,38,43)(H2,39,40,46). The maximum atomic E-state index is 13.5. The van der Waals surface area contributed by atoms with E-state index in [1.54, 1.807) is 30.3 Å². The van der Waals surface area contributed by atoms with Gasteiger partial charge in [-0.15, -0.1) is 13.2 Å². The van der Waals surface area contributed by atoms with Gasteiger partial charge in [-0.25, -0.2) is 0 Å². The number of carbonyl (C=O) groups is 1. The van der Waals surface area contributed by atoms with Gasteiger partial charge in [0.15, 0.2) is 5.11 Å². The number of halogens is 6. The highest BCUT2D eigenvalue weighted by Gasteiger charge is 2.37. The molecule has 4 rings (SSSR count). The Morgan fingerprint density at radius 2 is 1.70 bits per heavy atom. The number of carbonyl (C=O) groups excluding carboxylic acids is 1. The Kier molecular flexibility index (Phi) is 12.4. The summed E-state index contributed by atoms with van der Waals surface area (Å²) in [6, 6.07) is 11.5. The molecule has 15 heteroatoms. The first-order valence-corrected chi connectivity index (χ1v) is 15.6. The van der Waals surface area contributed by atoms with Gasteiger partial charge in [-0.05, 0) is 74.8 Å². The summed E-state index contributed by atoms with van der Waals surface area (Å²) in [5, 5.41) is 9.26. The summed E-state index contributed by atoms with van der Waals surface area (Å²) in [6.45, 7) is 4.94. The molecule has 1 aliphatic heterocycles. The number of benzene rings is 2. The van der Waals surface area contributed by atoms with E-state index in [0.29, 0.717) is 49.4 Å². The topological polar surface area (TPSA) is 78.1 Å². The number of alkyl halides is 6. The maximum Gasteiger partial charge on any atom is 0.573 e. The van der Waals surface area contributed by atoms with Crippen molar-refractivity contribution in [1.82, 2.24) is 20.4 Å². The van der Waals surface area contributed by atoms with E-state index in [-0.39, 0.29) is 29.2 Å². The average molecular weight is 676 g/mol. The van der Waals surface area contributed by atoms with Crippen LogP contribution in [0, 0.1) is 5.92 Å². The van der Waals surface area contributed by atoms with Crippen molar-refractivity contribution in [1.29, 1.82) is 0 Å². The number of ether oxygens (including phenoxy) is 2. The van der Waals surface area contributed by atoms with Crippen LogP contribution in [0.1, 0.15) is 31.2 Å². The third-order valence-corrected chi connectivity index (χ3v) is 8.24. The molecule has 2 aromatic rings. The lowest BCUT2D eigenvalue weighted by atomic mass is 9.82. The molecule has 8 nitrogen and oxygen atoms in total. The van der Waals surface area contributed by atoms with Crippen LogP contribution in [0.25, 0.3) is 0 Å². The number of nitrogens with one attached hydrogen (secondary N) is 3. The van der Waals surface area contributed by atoms with E-state index in [0.717, 1.165) is 26.2 Å². The summed E-state index contributed by atoms with van der Waals surface area (Å²) in [7, 11) is 2.07. The van der Waals surface area contributed by atoms with E-state index in [9.17, 15) is 31.1 Å². The SMILES string of the molecule is CN1CCN(CCNC(=O)C2CC(NC(=S)Nc3cccc(OC(F)(F)F)c3)CCC2Oc2ccc(CCC(F)(F)F)cc2)CC1. The van der Waals surface area contributed by atoms with Crippen molar-refractivity contribution < 1.29 is 40.6 Å². The molecule has 1 amide bonds. The van der Waals surface area contributed by atoms with Crippen molar-refractivity contribution in [2.45, 2.75) is 56.8 Å². The van der Waals surface area contributed by atoms with E-state index in [4.69, 9.17) is 17.0 Å². The van der Waals surface area contributed by atoms with Gasteiger partial charge in [0.1, 0.15) is 17.6 Å². The molecule has 2 fully saturated rings. The van der Waals surface area contributed by atoms with Crippen LogP contribution < -0.4 is 25.4 Å². The molecule has 0 aromatic heterocycles. The lowest BCUT2D eigenvalue weighted by molar-refractivity contribution is -0.274. The van der Waals surface area contributed by atoms with E-state index in [1.807, 2.05) is 0 Å². The van der Waals surface area contributed by atoms with Crippen LogP contribution in [0.2, 0.25) is 0 Å². The quantitative estimate of drug-likeness (QED) is 0.218. The van der Waals surface area contributed by atoms with E-state index in [1.165, 1.54) is 18.2 Å². The number of anilines is 1. The fourth-order valence-corrected chi connectivity index (χ4v) is 5.83. The van der Waals surface area contributed by atoms with Gasteiger partial charge in [0.25, 0.3) is 0 Å². The summed E-state index contributed by atoms with van der Waals surface area (Å²) in [5.74, 6) is -0.668. The first-order chi connectivity index (χ1) is 21.7. The Labute approximate surface area is 269 Å². The molecule has 3 N–H and O–H groups in total. The number of aryl methyl sites for hydroxylation is 1. The summed E-state index contributed by atoms with van der Waals surface area (Å²) in [5.41, 5.74) is 0.834. The van der Waals surface area contributed by atoms with Crippen LogP contribution in [-0.4, -0.2) is 91.8 Å². The van der Waals surface area contributed by atoms with Crippen LogP contribution in [0.3, 0.4) is 0 Å². The Hall–Kier alpha value is -3.30. The fraction of sp³-hybridized carbons (Fsp3) is 0.548. The van der Waals surface area contributed by atoms with E-state index in [2.05, 4.69) is 37.5 Å². The molecule has 254 valence electrons. The zero-order chi connectivity index (χ0) is 33.3. The highest BCUT2D eigenvalue weighted by atomic mass is 32.1. The zero-order valence-corrected chi connectivity index (χ0v) is 26.2. The van der Waals surface area contributed by atoms with Gasteiger partial charge in [-0.2, -0.15) is 13.2 Å². The van der Waals surface area contributed by atoms with Crippen LogP contribution in [0.4, 0.5) is 32.0 Å². The van der Waals surface area contributed by atoms with Crippen LogP contribution in [0.5, 0.6) is 11.5 Å². The van der Waals surface area contributed by atoms with Gasteiger partial charge < -0.3 is 30.3 Å². The Morgan fingerprint density at radius 1 is 0.978 bits per heavy atom. The van der Waals surface area contributed by atoms with Gasteiger partial charge in [-0.1, -0.05) is 18.2 Å². The molecule has 3 atom stereocenters. The molecule has 46 heavy (non-hydrogen) atoms. The summed E-state index contributed by atoms with van der Waals surface area (Å²) < 4.78 is 85.9. The molecule has 1 saturated carbocycles. The van der Waals surface area contributed by atoms with Crippen molar-refractivity contribution >= 4 is 28.9 Å². The molecule has 1 saturated heterocycles. The minimum atomic E-state index is -4.83. The molecule has 2 aliphatic rings. The van der Waals surface area contributed by atoms with E-state index >= 15 is 0 Å². The molecular formula is C31H39F6N5O3S. The smallest absolute Gasteiger partial charge is 0.490 e. The zero-order valence-electron chi connectivity index (χ0n) is 25.4. The van der Waals surface area contributed by atoms with Crippen molar-refractivity contribution in [3.8, 4) is 11.5 Å². The number of nitrogens with zero attached hydrogens (tertiary/aromatic N) is 2. The predicted octanol–water partition coefficient (Wildman–Crippen LogP) is 5.35. The minimum Gasteiger partial charge on any atom is -0.490 e. The average Bonchev–Trinajstić information content (AvgIpc) is 2.97. The third-order valence-electron chi connectivity index (χ3n) is 8.02. The fourth-order valence-electron chi connectivity index (χ4n) is 5.55. The lowest BCUT2D eigenvalue weighted by Gasteiger charge is -2.36. The molecule has 0 radical (unpaired) electrons. The lowest BCUT2D eigenvalue weighted by Crippen LogP contribution is -2.51. The number of hydrogen-bond donors (Lipinski definition) is 3. The van der Waals surface area contributed by atoms with Gasteiger partial charge in [-0.3, -0.25) is 9.69 Å². The second-order valence-corrected chi connectivity index (χ2v) is 12.1. The molecule has 3 unspecified atom stereocenters. The number of thiocarbonyl (C=S) groups is 1. The molecule has 1 aliphatic carbocycles. The normalized spacial score (nSPS) is 21.3. The summed E-state index contributed by atoms with van der Waals surface area (Å²) in [6.07, 6.45) is -9.16. The third kappa shape index (κ3) is 12.1. The first-order valence-electron chi connectivity index (χ1n) is 15.2. The number of rotatable bonds is 11. The Morgan fingerprint density at radius 3 is 2.37 bits per heavy atom. The van der Waals surface area contributed by atoms with Crippen molar-refractivity contribution in [2.24, 2.45) is 5.92 Å². The molecule has 0 bridgehead atoms. The molecule has 0 spiro atoms. The van der Waals surface area contributed by atoms with Gasteiger partial charge in [0.2, 0.25) is 5.91 Å². The highest BCUT2D eigenvalue weighted by molar-refractivity contribution is 7.80. The second kappa shape index (κ2) is 16.0. The maximum absolute atomic E-state index is 13.5. The summed E-state index contributed by atoms with van der Waals surface area (Å²) in [4.78, 5) is 18.0. The Bertz CT molecular complexity index is 1290. The Balaban J connectivity index is 1.36. The van der Waals surface area contributed by atoms with Crippen LogP contribution in [0.15, 0.2) is 48.5 Å². The number of likely N-dealkylation sites (N-methyl/N-ethyl adjacent to an activating group) is 1. The van der Waals surface area contributed by atoms with Crippen molar-refractivity contribution in [3.05, 3.63) is 54.1 Å². The second-order valence-electron chi connectivity index (χ2n) is 11.6. The molecular weight excluding hydrogens is 636 g/mol. The minimum absolute atomic E-state index is 0.132. The van der Waals surface area contributed by atoms with Crippen LogP contribution >= 0.6 is 12.2 Å². The molecule has 2 aromatic carbocycles. The van der Waals surface area contributed by atoms with Gasteiger partial charge >= 0.3 is 12.5 Å². The predicted molar refractivity (Wildman–Crippen MR) is 166 cm³/mol. The van der Waals surface area contributed by atoms with Crippen molar-refractivity contribution in [3.63, 3.8) is 0 Å². The number of amides is 1. The molecule has 1 heterocycles. The first kappa shape index (κ1) is 35.6. The highest BCUT2D eigenvalue weighted by Crippen LogP contribution is 2.31. The number of hydrogen-bond acceptors (Lipinski definition) is 6. The summed E-state index contributed by atoms with van der Waals surface area (Å²) >= 11 is 5.42. The van der Waals surface area contributed by atoms with Crippen LogP contribution in [-0.2, 0) is 11.2 Å². The van der Waals surface area contributed by atoms with E-state index < -0.39 is 31.0 Å².